The molecule has 0 radical (unpaired) electrons. The number of fused-ring (bicyclic) bond motifs is 1. The Labute approximate surface area is 161 Å². The van der Waals surface area contributed by atoms with Crippen LogP contribution in [0.4, 0.5) is 5.69 Å². The molecule has 0 saturated carbocycles. The van der Waals surface area contributed by atoms with Crippen LogP contribution in [0.2, 0.25) is 0 Å². The number of amides is 1. The Morgan fingerprint density at radius 2 is 1.92 bits per heavy atom. The summed E-state index contributed by atoms with van der Waals surface area (Å²) in [6.07, 6.45) is 3.38. The molecule has 1 N–H and O–H groups in total. The normalized spacial score (nSPS) is 14.6. The number of benzene rings is 2. The van der Waals surface area contributed by atoms with Crippen LogP contribution in [-0.4, -0.2) is 30.8 Å². The van der Waals surface area contributed by atoms with Crippen molar-refractivity contribution in [3.8, 4) is 0 Å². The number of aryl methyl sites for hydroxylation is 1. The minimum Gasteiger partial charge on any atom is -0.371 e. The van der Waals surface area contributed by atoms with Gasteiger partial charge in [0.15, 0.2) is 0 Å². The molecule has 0 aliphatic carbocycles. The van der Waals surface area contributed by atoms with E-state index in [-0.39, 0.29) is 11.2 Å². The van der Waals surface area contributed by atoms with E-state index in [9.17, 15) is 4.79 Å². The summed E-state index contributed by atoms with van der Waals surface area (Å²) < 4.78 is 0. The fourth-order valence-corrected chi connectivity index (χ4v) is 4.21. The molecule has 26 heavy (non-hydrogen) atoms. The standard InChI is InChI=1S/C22H28N2OS/c1-18(26-17-19-9-3-2-4-10-19)22(25)23-14-8-16-24-15-7-12-20-11-5-6-13-21(20)24/h2-6,9-11,13,18H,7-8,12,14-17H2,1H3,(H,23,25)/t18-/m0/s1. The topological polar surface area (TPSA) is 32.3 Å². The van der Waals surface area contributed by atoms with Gasteiger partial charge in [-0.2, -0.15) is 0 Å². The van der Waals surface area contributed by atoms with Crippen LogP contribution in [0.5, 0.6) is 0 Å². The number of carbonyl (C=O) groups is 1. The zero-order chi connectivity index (χ0) is 18.2. The Kier molecular flexibility index (Phi) is 7.01. The van der Waals surface area contributed by atoms with Crippen molar-refractivity contribution in [2.75, 3.05) is 24.5 Å². The van der Waals surface area contributed by atoms with Crippen LogP contribution in [0.25, 0.3) is 0 Å². The van der Waals surface area contributed by atoms with Crippen molar-refractivity contribution in [3.05, 3.63) is 65.7 Å². The molecular formula is C22H28N2OS. The third kappa shape index (κ3) is 5.28. The van der Waals surface area contributed by atoms with Crippen LogP contribution in [0, 0.1) is 0 Å². The first-order chi connectivity index (χ1) is 12.7. The maximum atomic E-state index is 12.3. The minimum atomic E-state index is -0.0223. The van der Waals surface area contributed by atoms with Crippen LogP contribution in [0.3, 0.4) is 0 Å². The first-order valence-electron chi connectivity index (χ1n) is 9.50. The minimum absolute atomic E-state index is 0.0223. The molecule has 0 unspecified atom stereocenters. The highest BCUT2D eigenvalue weighted by molar-refractivity contribution is 7.99. The van der Waals surface area contributed by atoms with Crippen LogP contribution < -0.4 is 10.2 Å². The highest BCUT2D eigenvalue weighted by Gasteiger charge is 2.16. The van der Waals surface area contributed by atoms with Crippen LogP contribution in [-0.2, 0) is 17.0 Å². The molecule has 0 bridgehead atoms. The maximum absolute atomic E-state index is 12.3. The molecule has 0 aromatic heterocycles. The van der Waals surface area contributed by atoms with Crippen molar-refractivity contribution in [1.29, 1.82) is 0 Å². The third-order valence-electron chi connectivity index (χ3n) is 4.82. The molecule has 1 aliphatic heterocycles. The lowest BCUT2D eigenvalue weighted by molar-refractivity contribution is -0.120. The lowest BCUT2D eigenvalue weighted by atomic mass is 10.0. The van der Waals surface area contributed by atoms with Gasteiger partial charge in [-0.15, -0.1) is 11.8 Å². The predicted molar refractivity (Wildman–Crippen MR) is 112 cm³/mol. The van der Waals surface area contributed by atoms with Crippen LogP contribution >= 0.6 is 11.8 Å². The molecule has 1 atom stereocenters. The largest absolute Gasteiger partial charge is 0.371 e. The first kappa shape index (κ1) is 18.8. The van der Waals surface area contributed by atoms with E-state index in [1.54, 1.807) is 11.8 Å². The van der Waals surface area contributed by atoms with Gasteiger partial charge in [0.2, 0.25) is 5.91 Å². The van der Waals surface area contributed by atoms with E-state index < -0.39 is 0 Å². The van der Waals surface area contributed by atoms with Crippen molar-refractivity contribution in [3.63, 3.8) is 0 Å². The first-order valence-corrected chi connectivity index (χ1v) is 10.5. The highest BCUT2D eigenvalue weighted by Crippen LogP contribution is 2.26. The van der Waals surface area contributed by atoms with Gasteiger partial charge in [0.25, 0.3) is 0 Å². The second-order valence-electron chi connectivity index (χ2n) is 6.80. The summed E-state index contributed by atoms with van der Waals surface area (Å²) in [5, 5.41) is 3.07. The molecule has 1 heterocycles. The van der Waals surface area contributed by atoms with E-state index >= 15 is 0 Å². The number of nitrogens with one attached hydrogen (secondary N) is 1. The van der Waals surface area contributed by atoms with Gasteiger partial charge < -0.3 is 10.2 Å². The third-order valence-corrected chi connectivity index (χ3v) is 6.04. The number of hydrogen-bond donors (Lipinski definition) is 1. The molecule has 0 saturated heterocycles. The van der Waals surface area contributed by atoms with E-state index in [0.717, 1.165) is 31.8 Å². The molecular weight excluding hydrogens is 340 g/mol. The Balaban J connectivity index is 1.36. The molecule has 4 heteroatoms. The van der Waals surface area contributed by atoms with E-state index in [4.69, 9.17) is 0 Å². The molecule has 2 aromatic rings. The van der Waals surface area contributed by atoms with Gasteiger partial charge in [-0.3, -0.25) is 4.79 Å². The summed E-state index contributed by atoms with van der Waals surface area (Å²) >= 11 is 1.69. The van der Waals surface area contributed by atoms with Gasteiger partial charge in [-0.1, -0.05) is 48.5 Å². The molecule has 0 fully saturated rings. The summed E-state index contributed by atoms with van der Waals surface area (Å²) in [5.74, 6) is 1.02. The maximum Gasteiger partial charge on any atom is 0.232 e. The molecule has 3 rings (SSSR count). The fraction of sp³-hybridized carbons (Fsp3) is 0.409. The molecule has 138 valence electrons. The van der Waals surface area contributed by atoms with E-state index in [1.165, 1.54) is 29.7 Å². The summed E-state index contributed by atoms with van der Waals surface area (Å²) in [5.41, 5.74) is 4.09. The van der Waals surface area contributed by atoms with Crippen molar-refractivity contribution in [2.45, 2.75) is 37.2 Å². The zero-order valence-corrected chi connectivity index (χ0v) is 16.3. The number of carbonyl (C=O) groups excluding carboxylic acids is 1. The van der Waals surface area contributed by atoms with Gasteiger partial charge in [0.05, 0.1) is 5.25 Å². The Morgan fingerprint density at radius 3 is 2.77 bits per heavy atom. The fourth-order valence-electron chi connectivity index (χ4n) is 3.34. The lowest BCUT2D eigenvalue weighted by Gasteiger charge is -2.31. The van der Waals surface area contributed by atoms with E-state index in [1.807, 2.05) is 25.1 Å². The monoisotopic (exact) mass is 368 g/mol. The zero-order valence-electron chi connectivity index (χ0n) is 15.5. The van der Waals surface area contributed by atoms with Gasteiger partial charge in [-0.25, -0.2) is 0 Å². The average Bonchev–Trinajstić information content (AvgIpc) is 2.70. The van der Waals surface area contributed by atoms with Crippen molar-refractivity contribution < 1.29 is 4.79 Å². The summed E-state index contributed by atoms with van der Waals surface area (Å²) in [4.78, 5) is 14.7. The molecule has 0 spiro atoms. The SMILES string of the molecule is C[C@H](SCc1ccccc1)C(=O)NCCCN1CCCc2ccccc21. The van der Waals surface area contributed by atoms with Gasteiger partial charge in [0, 0.05) is 31.1 Å². The van der Waals surface area contributed by atoms with Crippen molar-refractivity contribution in [1.82, 2.24) is 5.32 Å². The van der Waals surface area contributed by atoms with Crippen molar-refractivity contribution in [2.24, 2.45) is 0 Å². The Morgan fingerprint density at radius 1 is 1.15 bits per heavy atom. The molecule has 2 aromatic carbocycles. The Bertz CT molecular complexity index is 704. The van der Waals surface area contributed by atoms with Crippen LogP contribution in [0.1, 0.15) is 30.9 Å². The molecule has 3 nitrogen and oxygen atoms in total. The van der Waals surface area contributed by atoms with Gasteiger partial charge in [-0.05, 0) is 43.4 Å². The number of hydrogen-bond acceptors (Lipinski definition) is 3. The number of thioether (sulfide) groups is 1. The quantitative estimate of drug-likeness (QED) is 0.706. The van der Waals surface area contributed by atoms with Gasteiger partial charge >= 0.3 is 0 Å². The van der Waals surface area contributed by atoms with E-state index in [2.05, 4.69) is 46.6 Å². The summed E-state index contributed by atoms with van der Waals surface area (Å²) in [6, 6.07) is 19.0. The van der Waals surface area contributed by atoms with Crippen LogP contribution in [0.15, 0.2) is 54.6 Å². The number of rotatable bonds is 8. The lowest BCUT2D eigenvalue weighted by Crippen LogP contribution is -2.35. The summed E-state index contributed by atoms with van der Waals surface area (Å²) in [7, 11) is 0. The Hall–Kier alpha value is -1.94. The van der Waals surface area contributed by atoms with Gasteiger partial charge in [0.1, 0.15) is 0 Å². The number of para-hydroxylation sites is 1. The number of nitrogens with zero attached hydrogens (tertiary/aromatic N) is 1. The predicted octanol–water partition coefficient (Wildman–Crippen LogP) is 4.27. The molecule has 1 amide bonds. The highest BCUT2D eigenvalue weighted by atomic mass is 32.2. The second-order valence-corrected chi connectivity index (χ2v) is 8.13. The smallest absolute Gasteiger partial charge is 0.232 e. The summed E-state index contributed by atoms with van der Waals surface area (Å²) in [6.45, 7) is 4.86. The second kappa shape index (κ2) is 9.67. The van der Waals surface area contributed by atoms with E-state index in [0.29, 0.717) is 0 Å². The number of anilines is 1. The van der Waals surface area contributed by atoms with Crippen molar-refractivity contribution >= 4 is 23.4 Å². The molecule has 1 aliphatic rings. The average molecular weight is 369 g/mol.